The molecule has 7 heteroatoms. The zero-order valence-electron chi connectivity index (χ0n) is 17.7. The van der Waals surface area contributed by atoms with Crippen molar-refractivity contribution in [3.63, 3.8) is 0 Å². The van der Waals surface area contributed by atoms with E-state index in [1.807, 2.05) is 49.2 Å². The fraction of sp³-hybridized carbons (Fsp3) is 0.417. The Bertz CT molecular complexity index is 978. The highest BCUT2D eigenvalue weighted by Crippen LogP contribution is 2.34. The SMILES string of the molecule is c1cncc(CN2CCC[C@@H](c3nc(N4CCOCC4)ncc3-c3ccncc3)C2)c1. The highest BCUT2D eigenvalue weighted by Gasteiger charge is 2.27. The summed E-state index contributed by atoms with van der Waals surface area (Å²) in [5.41, 5.74) is 4.66. The maximum Gasteiger partial charge on any atom is 0.225 e. The first kappa shape index (κ1) is 20.0. The summed E-state index contributed by atoms with van der Waals surface area (Å²) in [7, 11) is 0. The number of pyridine rings is 2. The van der Waals surface area contributed by atoms with Gasteiger partial charge in [-0.05, 0) is 48.7 Å². The van der Waals surface area contributed by atoms with E-state index in [1.54, 1.807) is 0 Å². The van der Waals surface area contributed by atoms with E-state index in [2.05, 4.69) is 25.8 Å². The van der Waals surface area contributed by atoms with Crippen molar-refractivity contribution in [3.05, 3.63) is 66.5 Å². The van der Waals surface area contributed by atoms with E-state index in [-0.39, 0.29) is 0 Å². The van der Waals surface area contributed by atoms with Crippen LogP contribution in [0.25, 0.3) is 11.1 Å². The smallest absolute Gasteiger partial charge is 0.225 e. The van der Waals surface area contributed by atoms with Gasteiger partial charge in [-0.25, -0.2) is 9.97 Å². The molecular weight excluding hydrogens is 388 g/mol. The van der Waals surface area contributed by atoms with Gasteiger partial charge >= 0.3 is 0 Å². The summed E-state index contributed by atoms with van der Waals surface area (Å²) in [5, 5.41) is 0. The molecule has 2 aliphatic heterocycles. The first-order chi connectivity index (χ1) is 15.4. The van der Waals surface area contributed by atoms with Crippen LogP contribution >= 0.6 is 0 Å². The summed E-state index contributed by atoms with van der Waals surface area (Å²) < 4.78 is 5.52. The van der Waals surface area contributed by atoms with Gasteiger partial charge in [0.1, 0.15) is 0 Å². The van der Waals surface area contributed by atoms with E-state index in [9.17, 15) is 0 Å². The topological polar surface area (TPSA) is 67.3 Å². The van der Waals surface area contributed by atoms with Crippen LogP contribution in [0.1, 0.15) is 30.0 Å². The van der Waals surface area contributed by atoms with Gasteiger partial charge in [0.05, 0.1) is 18.9 Å². The normalized spacial score (nSPS) is 20.0. The Balaban J connectivity index is 1.44. The Hall–Kier alpha value is -2.90. The molecule has 0 spiro atoms. The van der Waals surface area contributed by atoms with Crippen LogP contribution in [0.3, 0.4) is 0 Å². The Morgan fingerprint density at radius 2 is 1.84 bits per heavy atom. The molecule has 2 fully saturated rings. The minimum atomic E-state index is 0.372. The molecule has 5 heterocycles. The molecule has 3 aromatic rings. The Morgan fingerprint density at radius 3 is 2.65 bits per heavy atom. The zero-order valence-corrected chi connectivity index (χ0v) is 17.7. The molecule has 0 aliphatic carbocycles. The standard InChI is InChI=1S/C24H28N6O/c1-3-19(15-26-7-1)17-29-10-2-4-21(18-29)23-22(20-5-8-25-9-6-20)16-27-24(28-23)30-11-13-31-14-12-30/h1,3,5-9,15-16,21H,2,4,10-14,17-18H2/t21-/m1/s1. The van der Waals surface area contributed by atoms with Gasteiger partial charge in [0.15, 0.2) is 0 Å². The number of ether oxygens (including phenoxy) is 1. The van der Waals surface area contributed by atoms with Crippen LogP contribution in [0.5, 0.6) is 0 Å². The molecule has 2 saturated heterocycles. The van der Waals surface area contributed by atoms with Crippen molar-refractivity contribution in [2.75, 3.05) is 44.3 Å². The number of aromatic nitrogens is 4. The summed E-state index contributed by atoms with van der Waals surface area (Å²) >= 11 is 0. The van der Waals surface area contributed by atoms with E-state index in [4.69, 9.17) is 14.7 Å². The molecule has 2 aliphatic rings. The third kappa shape index (κ3) is 4.73. The van der Waals surface area contributed by atoms with Crippen molar-refractivity contribution < 1.29 is 4.74 Å². The van der Waals surface area contributed by atoms with E-state index in [0.29, 0.717) is 5.92 Å². The number of nitrogens with zero attached hydrogens (tertiary/aromatic N) is 6. The number of hydrogen-bond acceptors (Lipinski definition) is 7. The van der Waals surface area contributed by atoms with Crippen LogP contribution in [-0.2, 0) is 11.3 Å². The third-order valence-electron chi connectivity index (χ3n) is 6.11. The lowest BCUT2D eigenvalue weighted by atomic mass is 9.90. The van der Waals surface area contributed by atoms with Crippen LogP contribution in [0.15, 0.2) is 55.2 Å². The second-order valence-corrected chi connectivity index (χ2v) is 8.24. The van der Waals surface area contributed by atoms with E-state index >= 15 is 0 Å². The van der Waals surface area contributed by atoms with Gasteiger partial charge in [0.25, 0.3) is 0 Å². The molecule has 0 saturated carbocycles. The molecule has 160 valence electrons. The molecule has 1 atom stereocenters. The summed E-state index contributed by atoms with van der Waals surface area (Å²) in [4.78, 5) is 23.1. The van der Waals surface area contributed by atoms with Crippen molar-refractivity contribution in [2.24, 2.45) is 0 Å². The Morgan fingerprint density at radius 1 is 0.968 bits per heavy atom. The highest BCUT2D eigenvalue weighted by molar-refractivity contribution is 5.66. The molecule has 0 radical (unpaired) electrons. The number of anilines is 1. The van der Waals surface area contributed by atoms with Crippen molar-refractivity contribution in [1.82, 2.24) is 24.8 Å². The minimum absolute atomic E-state index is 0.372. The quantitative estimate of drug-likeness (QED) is 0.633. The summed E-state index contributed by atoms with van der Waals surface area (Å²) in [6.45, 7) is 6.16. The Labute approximate surface area is 183 Å². The predicted molar refractivity (Wildman–Crippen MR) is 120 cm³/mol. The first-order valence-corrected chi connectivity index (χ1v) is 11.1. The van der Waals surface area contributed by atoms with Crippen molar-refractivity contribution >= 4 is 5.95 Å². The lowest BCUT2D eigenvalue weighted by Gasteiger charge is -2.34. The number of piperidine rings is 1. The average Bonchev–Trinajstić information content (AvgIpc) is 2.86. The largest absolute Gasteiger partial charge is 0.378 e. The lowest BCUT2D eigenvalue weighted by Crippen LogP contribution is -2.38. The van der Waals surface area contributed by atoms with Crippen LogP contribution in [0.4, 0.5) is 5.95 Å². The summed E-state index contributed by atoms with van der Waals surface area (Å²) in [6.07, 6.45) is 11.8. The fourth-order valence-electron chi connectivity index (χ4n) is 4.54. The molecule has 0 amide bonds. The molecule has 0 aromatic carbocycles. The first-order valence-electron chi connectivity index (χ1n) is 11.1. The molecule has 0 N–H and O–H groups in total. The predicted octanol–water partition coefficient (Wildman–Crippen LogP) is 3.15. The van der Waals surface area contributed by atoms with Crippen molar-refractivity contribution in [3.8, 4) is 11.1 Å². The maximum atomic E-state index is 5.52. The zero-order chi connectivity index (χ0) is 20.9. The molecule has 7 nitrogen and oxygen atoms in total. The van der Waals surface area contributed by atoms with Gasteiger partial charge < -0.3 is 9.64 Å². The van der Waals surface area contributed by atoms with Gasteiger partial charge in [-0.15, -0.1) is 0 Å². The molecular formula is C24H28N6O. The Kier molecular flexibility index (Phi) is 6.13. The van der Waals surface area contributed by atoms with E-state index in [1.165, 1.54) is 5.56 Å². The maximum absolute atomic E-state index is 5.52. The molecule has 31 heavy (non-hydrogen) atoms. The van der Waals surface area contributed by atoms with Gasteiger partial charge in [-0.1, -0.05) is 6.07 Å². The van der Waals surface area contributed by atoms with Crippen LogP contribution in [0.2, 0.25) is 0 Å². The summed E-state index contributed by atoms with van der Waals surface area (Å²) in [5.74, 6) is 1.19. The lowest BCUT2D eigenvalue weighted by molar-refractivity contribution is 0.122. The monoisotopic (exact) mass is 416 g/mol. The number of rotatable bonds is 5. The van der Waals surface area contributed by atoms with Crippen molar-refractivity contribution in [1.29, 1.82) is 0 Å². The number of likely N-dealkylation sites (tertiary alicyclic amines) is 1. The van der Waals surface area contributed by atoms with Gasteiger partial charge in [0, 0.05) is 68.6 Å². The second-order valence-electron chi connectivity index (χ2n) is 8.24. The second kappa shape index (κ2) is 9.49. The van der Waals surface area contributed by atoms with E-state index in [0.717, 1.165) is 81.5 Å². The third-order valence-corrected chi connectivity index (χ3v) is 6.11. The van der Waals surface area contributed by atoms with Gasteiger partial charge in [0.2, 0.25) is 5.95 Å². The molecule has 0 unspecified atom stereocenters. The van der Waals surface area contributed by atoms with Gasteiger partial charge in [-0.2, -0.15) is 0 Å². The number of hydrogen-bond donors (Lipinski definition) is 0. The molecule has 3 aromatic heterocycles. The fourth-order valence-corrected chi connectivity index (χ4v) is 4.54. The number of morpholine rings is 1. The highest BCUT2D eigenvalue weighted by atomic mass is 16.5. The van der Waals surface area contributed by atoms with Crippen LogP contribution < -0.4 is 4.90 Å². The average molecular weight is 417 g/mol. The van der Waals surface area contributed by atoms with Crippen LogP contribution in [-0.4, -0.2) is 64.2 Å². The molecule has 5 rings (SSSR count). The summed E-state index contributed by atoms with van der Waals surface area (Å²) in [6, 6.07) is 8.26. The minimum Gasteiger partial charge on any atom is -0.378 e. The molecule has 0 bridgehead atoms. The van der Waals surface area contributed by atoms with Crippen LogP contribution in [0, 0.1) is 0 Å². The van der Waals surface area contributed by atoms with Crippen molar-refractivity contribution in [2.45, 2.75) is 25.3 Å². The van der Waals surface area contributed by atoms with Gasteiger partial charge in [-0.3, -0.25) is 14.9 Å². The van der Waals surface area contributed by atoms with E-state index < -0.39 is 0 Å².